The number of nitrogens with zero attached hydrogens (tertiary/aromatic N) is 1. The topological polar surface area (TPSA) is 54.7 Å². The second kappa shape index (κ2) is 6.75. The van der Waals surface area contributed by atoms with Gasteiger partial charge in [0.25, 0.3) is 0 Å². The zero-order valence-electron chi connectivity index (χ0n) is 10.9. The first-order chi connectivity index (χ1) is 9.88. The number of H-pyrrole nitrogens is 1. The summed E-state index contributed by atoms with van der Waals surface area (Å²) in [6.45, 7) is 1.89. The Balaban J connectivity index is 0.000000155. The van der Waals surface area contributed by atoms with Gasteiger partial charge in [-0.3, -0.25) is 5.10 Å². The second-order valence-electron chi connectivity index (χ2n) is 4.35. The number of nitrogens with two attached hydrogens (primary N) is 1. The second-order valence-corrected chi connectivity index (χ2v) is 5.98. The smallest absolute Gasteiger partial charge is 0.0666 e. The highest BCUT2D eigenvalue weighted by molar-refractivity contribution is 6.43. The van der Waals surface area contributed by atoms with Crippen molar-refractivity contribution in [2.45, 2.75) is 6.92 Å². The van der Waals surface area contributed by atoms with Crippen LogP contribution < -0.4 is 5.73 Å². The number of rotatable bonds is 0. The Bertz CT molecular complexity index is 697. The Kier molecular flexibility index (Phi) is 5.22. The molecule has 3 N–H and O–H groups in total. The summed E-state index contributed by atoms with van der Waals surface area (Å²) in [6.07, 6.45) is 1.71. The Morgan fingerprint density at radius 2 is 1.48 bits per heavy atom. The molecule has 2 aromatic carbocycles. The summed E-state index contributed by atoms with van der Waals surface area (Å²) >= 11 is 22.9. The van der Waals surface area contributed by atoms with Crippen LogP contribution in [0.2, 0.25) is 20.1 Å². The van der Waals surface area contributed by atoms with Crippen LogP contribution in [0.1, 0.15) is 5.56 Å². The third kappa shape index (κ3) is 3.95. The minimum Gasteiger partial charge on any atom is -0.398 e. The maximum Gasteiger partial charge on any atom is 0.0666 e. The third-order valence-electron chi connectivity index (χ3n) is 2.79. The minimum absolute atomic E-state index is 0.504. The van der Waals surface area contributed by atoms with Gasteiger partial charge in [0.15, 0.2) is 0 Å². The van der Waals surface area contributed by atoms with E-state index < -0.39 is 0 Å². The number of benzene rings is 2. The Morgan fingerprint density at radius 1 is 0.905 bits per heavy atom. The van der Waals surface area contributed by atoms with E-state index in [0.29, 0.717) is 25.8 Å². The number of halogens is 4. The molecular formula is C14H11Cl4N3. The largest absolute Gasteiger partial charge is 0.398 e. The van der Waals surface area contributed by atoms with Crippen molar-refractivity contribution in [3.8, 4) is 0 Å². The van der Waals surface area contributed by atoms with E-state index >= 15 is 0 Å². The molecule has 3 nitrogen and oxygen atoms in total. The molecule has 0 amide bonds. The van der Waals surface area contributed by atoms with Crippen molar-refractivity contribution in [1.82, 2.24) is 10.2 Å². The molecule has 0 aliphatic carbocycles. The van der Waals surface area contributed by atoms with Crippen molar-refractivity contribution in [3.63, 3.8) is 0 Å². The molecule has 7 heteroatoms. The van der Waals surface area contributed by atoms with Crippen molar-refractivity contribution in [3.05, 3.63) is 56.1 Å². The monoisotopic (exact) mass is 361 g/mol. The van der Waals surface area contributed by atoms with Crippen LogP contribution in [0.4, 0.5) is 5.69 Å². The van der Waals surface area contributed by atoms with Crippen LogP contribution in [0, 0.1) is 6.92 Å². The van der Waals surface area contributed by atoms with Gasteiger partial charge in [0, 0.05) is 11.1 Å². The van der Waals surface area contributed by atoms with Gasteiger partial charge in [-0.15, -0.1) is 0 Å². The number of anilines is 1. The van der Waals surface area contributed by atoms with Gasteiger partial charge in [-0.05, 0) is 36.8 Å². The van der Waals surface area contributed by atoms with Crippen molar-refractivity contribution < 1.29 is 0 Å². The highest BCUT2D eigenvalue weighted by Crippen LogP contribution is 2.27. The Hall–Kier alpha value is -1.13. The molecular weight excluding hydrogens is 352 g/mol. The Morgan fingerprint density at radius 3 is 2.14 bits per heavy atom. The molecule has 0 bridgehead atoms. The van der Waals surface area contributed by atoms with Crippen LogP contribution in [0.3, 0.4) is 0 Å². The summed E-state index contributed by atoms with van der Waals surface area (Å²) in [6, 6.07) is 6.94. The molecule has 110 valence electrons. The van der Waals surface area contributed by atoms with E-state index in [1.165, 1.54) is 0 Å². The first-order valence-corrected chi connectivity index (χ1v) is 7.39. The van der Waals surface area contributed by atoms with Gasteiger partial charge in [0.1, 0.15) is 0 Å². The quantitative estimate of drug-likeness (QED) is 0.500. The lowest BCUT2D eigenvalue weighted by Gasteiger charge is -2.00. The number of hydrogen-bond donors (Lipinski definition) is 2. The molecule has 0 fully saturated rings. The standard InChI is InChI=1S/C7H4Cl2N2.C7H7Cl2N/c8-5-1-4-3-10-11-7(4)2-6(5)9;1-4-2-5(8)6(9)3-7(4)10/h1-3H,(H,10,11);2-3H,10H2,1H3. The molecule has 0 aliphatic rings. The molecule has 0 saturated heterocycles. The molecule has 0 saturated carbocycles. The summed E-state index contributed by atoms with van der Waals surface area (Å²) < 4.78 is 0. The van der Waals surface area contributed by atoms with E-state index in [-0.39, 0.29) is 0 Å². The van der Waals surface area contributed by atoms with Gasteiger partial charge in [-0.25, -0.2) is 0 Å². The fourth-order valence-electron chi connectivity index (χ4n) is 1.60. The number of aromatic nitrogens is 2. The molecule has 3 aromatic rings. The van der Waals surface area contributed by atoms with Gasteiger partial charge in [0.05, 0.1) is 31.8 Å². The summed E-state index contributed by atoms with van der Waals surface area (Å²) in [7, 11) is 0. The van der Waals surface area contributed by atoms with E-state index in [2.05, 4.69) is 10.2 Å². The first kappa shape index (κ1) is 16.2. The molecule has 0 aliphatic heterocycles. The van der Waals surface area contributed by atoms with Crippen LogP contribution in [-0.4, -0.2) is 10.2 Å². The number of nitrogen functional groups attached to an aromatic ring is 1. The molecule has 0 spiro atoms. The van der Waals surface area contributed by atoms with Crippen LogP contribution in [0.25, 0.3) is 10.9 Å². The molecule has 3 rings (SSSR count). The fraction of sp³-hybridized carbons (Fsp3) is 0.0714. The first-order valence-electron chi connectivity index (χ1n) is 5.87. The van der Waals surface area contributed by atoms with Crippen LogP contribution in [0.15, 0.2) is 30.5 Å². The van der Waals surface area contributed by atoms with Crippen LogP contribution in [0.5, 0.6) is 0 Å². The van der Waals surface area contributed by atoms with Gasteiger partial charge in [-0.1, -0.05) is 46.4 Å². The predicted molar refractivity (Wildman–Crippen MR) is 91.7 cm³/mol. The number of hydrogen-bond acceptors (Lipinski definition) is 2. The third-order valence-corrected chi connectivity index (χ3v) is 4.23. The molecule has 21 heavy (non-hydrogen) atoms. The van der Waals surface area contributed by atoms with Crippen molar-refractivity contribution in [2.75, 3.05) is 5.73 Å². The molecule has 0 atom stereocenters. The van der Waals surface area contributed by atoms with Gasteiger partial charge in [-0.2, -0.15) is 5.10 Å². The lowest BCUT2D eigenvalue weighted by atomic mass is 10.2. The van der Waals surface area contributed by atoms with E-state index in [1.807, 2.05) is 6.92 Å². The van der Waals surface area contributed by atoms with Gasteiger partial charge >= 0.3 is 0 Å². The summed E-state index contributed by atoms with van der Waals surface area (Å²) in [5.41, 5.74) is 8.08. The van der Waals surface area contributed by atoms with E-state index in [0.717, 1.165) is 16.5 Å². The van der Waals surface area contributed by atoms with Gasteiger partial charge < -0.3 is 5.73 Å². The maximum absolute atomic E-state index is 5.77. The fourth-order valence-corrected chi connectivity index (χ4v) is 2.32. The highest BCUT2D eigenvalue weighted by Gasteiger charge is 2.01. The maximum atomic E-state index is 5.77. The van der Waals surface area contributed by atoms with Crippen LogP contribution >= 0.6 is 46.4 Å². The summed E-state index contributed by atoms with van der Waals surface area (Å²) in [5, 5.41) is 9.76. The number of aromatic amines is 1. The van der Waals surface area contributed by atoms with Crippen LogP contribution in [-0.2, 0) is 0 Å². The number of nitrogens with one attached hydrogen (secondary N) is 1. The van der Waals surface area contributed by atoms with E-state index in [1.54, 1.807) is 30.5 Å². The highest BCUT2D eigenvalue weighted by atomic mass is 35.5. The van der Waals surface area contributed by atoms with E-state index in [4.69, 9.17) is 52.1 Å². The Labute approximate surface area is 141 Å². The van der Waals surface area contributed by atoms with Gasteiger partial charge in [0.2, 0.25) is 0 Å². The predicted octanol–water partition coefficient (Wildman–Crippen LogP) is 5.75. The zero-order valence-corrected chi connectivity index (χ0v) is 13.9. The zero-order chi connectivity index (χ0) is 15.6. The minimum atomic E-state index is 0.504. The van der Waals surface area contributed by atoms with Crippen molar-refractivity contribution >= 4 is 63.0 Å². The number of fused-ring (bicyclic) bond motifs is 1. The molecule has 1 aromatic heterocycles. The van der Waals surface area contributed by atoms with E-state index in [9.17, 15) is 0 Å². The van der Waals surface area contributed by atoms with Crippen molar-refractivity contribution in [1.29, 1.82) is 0 Å². The molecule has 1 heterocycles. The SMILES string of the molecule is Cc1cc(Cl)c(Cl)cc1N.Clc1cc2cn[nH]c2cc1Cl. The van der Waals surface area contributed by atoms with Crippen molar-refractivity contribution in [2.24, 2.45) is 0 Å². The molecule has 0 radical (unpaired) electrons. The summed E-state index contributed by atoms with van der Waals surface area (Å²) in [5.74, 6) is 0. The average Bonchev–Trinajstić information content (AvgIpc) is 2.85. The lowest BCUT2D eigenvalue weighted by molar-refractivity contribution is 1.12. The number of aryl methyl sites for hydroxylation is 1. The summed E-state index contributed by atoms with van der Waals surface area (Å²) in [4.78, 5) is 0. The lowest BCUT2D eigenvalue weighted by Crippen LogP contribution is -1.88. The average molecular weight is 363 g/mol. The molecule has 0 unspecified atom stereocenters. The normalized spacial score (nSPS) is 10.3.